The molecule has 124 valence electrons. The average molecular weight is 328 g/mol. The van der Waals surface area contributed by atoms with Crippen LogP contribution in [-0.4, -0.2) is 17.6 Å². The van der Waals surface area contributed by atoms with Crippen LogP contribution in [0, 0.1) is 5.82 Å². The lowest BCUT2D eigenvalue weighted by molar-refractivity contribution is -0.138. The summed E-state index contributed by atoms with van der Waals surface area (Å²) in [6, 6.07) is 7.82. The highest BCUT2D eigenvalue weighted by molar-refractivity contribution is 5.94. The van der Waals surface area contributed by atoms with Crippen molar-refractivity contribution in [3.63, 3.8) is 0 Å². The van der Waals surface area contributed by atoms with Crippen LogP contribution >= 0.6 is 0 Å². The van der Waals surface area contributed by atoms with Gasteiger partial charge in [0.15, 0.2) is 0 Å². The molecule has 1 unspecified atom stereocenters. The maximum atomic E-state index is 14.4. The van der Waals surface area contributed by atoms with Gasteiger partial charge < -0.3 is 15.0 Å². The topological polar surface area (TPSA) is 71.2 Å². The molecule has 0 saturated heterocycles. The molecule has 1 aromatic heterocycles. The van der Waals surface area contributed by atoms with Gasteiger partial charge in [-0.3, -0.25) is 4.79 Å². The van der Waals surface area contributed by atoms with Crippen LogP contribution < -0.4 is 10.9 Å². The minimum Gasteiger partial charge on any atom is -0.463 e. The van der Waals surface area contributed by atoms with E-state index in [2.05, 4.69) is 10.3 Å². The minimum atomic E-state index is -0.827. The van der Waals surface area contributed by atoms with Crippen molar-refractivity contribution < 1.29 is 13.9 Å². The van der Waals surface area contributed by atoms with E-state index in [0.717, 1.165) is 0 Å². The van der Waals surface area contributed by atoms with Crippen LogP contribution in [0.2, 0.25) is 0 Å². The van der Waals surface area contributed by atoms with Gasteiger partial charge in [0.1, 0.15) is 5.82 Å². The molecule has 2 N–H and O–H groups in total. The van der Waals surface area contributed by atoms with E-state index in [-0.39, 0.29) is 23.3 Å². The Balaban J connectivity index is 2.29. The molecule has 1 aliphatic rings. The molecular formula is C18H17FN2O3. The molecule has 1 aliphatic heterocycles. The van der Waals surface area contributed by atoms with Gasteiger partial charge in [-0.05, 0) is 26.0 Å². The van der Waals surface area contributed by atoms with Gasteiger partial charge in [-0.1, -0.05) is 18.2 Å². The molecule has 0 amide bonds. The van der Waals surface area contributed by atoms with E-state index in [9.17, 15) is 14.0 Å². The second-order valence-electron chi connectivity index (χ2n) is 5.47. The predicted molar refractivity (Wildman–Crippen MR) is 88.3 cm³/mol. The SMILES string of the molecule is CCOC(=O)C1=C(C)Nc2cc[nH]c(=O)c2C1c1ccccc1F. The number of allylic oxidation sites excluding steroid dienone is 1. The predicted octanol–water partition coefficient (Wildman–Crippen LogP) is 2.91. The molecule has 2 heterocycles. The third-order valence-corrected chi connectivity index (χ3v) is 4.01. The summed E-state index contributed by atoms with van der Waals surface area (Å²) in [7, 11) is 0. The molecule has 0 aliphatic carbocycles. The third-order valence-electron chi connectivity index (χ3n) is 4.01. The summed E-state index contributed by atoms with van der Waals surface area (Å²) in [5, 5.41) is 3.05. The minimum absolute atomic E-state index is 0.192. The second kappa shape index (κ2) is 6.31. The molecule has 2 aromatic rings. The summed E-state index contributed by atoms with van der Waals surface area (Å²) in [6.07, 6.45) is 1.51. The number of rotatable bonds is 3. The van der Waals surface area contributed by atoms with E-state index in [4.69, 9.17) is 4.74 Å². The number of nitrogens with one attached hydrogen (secondary N) is 2. The van der Waals surface area contributed by atoms with Crippen LogP contribution in [0.25, 0.3) is 0 Å². The summed E-state index contributed by atoms with van der Waals surface area (Å²) in [4.78, 5) is 27.5. The number of aromatic nitrogens is 1. The number of hydrogen-bond acceptors (Lipinski definition) is 4. The average Bonchev–Trinajstić information content (AvgIpc) is 2.54. The summed E-state index contributed by atoms with van der Waals surface area (Å²) < 4.78 is 19.6. The molecule has 0 radical (unpaired) electrons. The number of carbonyl (C=O) groups excluding carboxylic acids is 1. The number of H-pyrrole nitrogens is 1. The fraction of sp³-hybridized carbons (Fsp3) is 0.222. The molecule has 0 bridgehead atoms. The lowest BCUT2D eigenvalue weighted by Crippen LogP contribution is -2.30. The van der Waals surface area contributed by atoms with Gasteiger partial charge in [0.2, 0.25) is 0 Å². The lowest BCUT2D eigenvalue weighted by Gasteiger charge is -2.29. The Kier molecular flexibility index (Phi) is 4.20. The van der Waals surface area contributed by atoms with Gasteiger partial charge in [0.25, 0.3) is 5.56 Å². The van der Waals surface area contributed by atoms with Crippen molar-refractivity contribution in [3.8, 4) is 0 Å². The van der Waals surface area contributed by atoms with Crippen LogP contribution in [0.4, 0.5) is 10.1 Å². The van der Waals surface area contributed by atoms with Crippen molar-refractivity contribution >= 4 is 11.7 Å². The van der Waals surface area contributed by atoms with Crippen LogP contribution in [0.15, 0.2) is 52.6 Å². The summed E-state index contributed by atoms with van der Waals surface area (Å²) in [6.45, 7) is 3.60. The van der Waals surface area contributed by atoms with Crippen LogP contribution in [-0.2, 0) is 9.53 Å². The number of hydrogen-bond donors (Lipinski definition) is 2. The highest BCUT2D eigenvalue weighted by Crippen LogP contribution is 2.40. The Bertz CT molecular complexity index is 886. The monoisotopic (exact) mass is 328 g/mol. The quantitative estimate of drug-likeness (QED) is 0.850. The highest BCUT2D eigenvalue weighted by atomic mass is 19.1. The molecular weight excluding hydrogens is 311 g/mol. The fourth-order valence-corrected chi connectivity index (χ4v) is 3.02. The first kappa shape index (κ1) is 16.0. The van der Waals surface area contributed by atoms with Crippen LogP contribution in [0.1, 0.15) is 30.9 Å². The number of halogens is 1. The van der Waals surface area contributed by atoms with Crippen molar-refractivity contribution in [2.45, 2.75) is 19.8 Å². The lowest BCUT2D eigenvalue weighted by atomic mass is 9.81. The largest absolute Gasteiger partial charge is 0.463 e. The Morgan fingerprint density at radius 2 is 2.04 bits per heavy atom. The molecule has 0 saturated carbocycles. The zero-order chi connectivity index (χ0) is 17.3. The van der Waals surface area contributed by atoms with E-state index in [1.165, 1.54) is 12.3 Å². The maximum absolute atomic E-state index is 14.4. The van der Waals surface area contributed by atoms with Crippen LogP contribution in [0.3, 0.4) is 0 Å². The van der Waals surface area contributed by atoms with Gasteiger partial charge >= 0.3 is 5.97 Å². The van der Waals surface area contributed by atoms with Gasteiger partial charge in [-0.15, -0.1) is 0 Å². The number of esters is 1. The summed E-state index contributed by atoms with van der Waals surface area (Å²) in [5.74, 6) is -1.87. The fourth-order valence-electron chi connectivity index (χ4n) is 3.02. The smallest absolute Gasteiger partial charge is 0.336 e. The molecule has 0 spiro atoms. The number of aromatic amines is 1. The Morgan fingerprint density at radius 3 is 2.75 bits per heavy atom. The molecule has 5 nitrogen and oxygen atoms in total. The van der Waals surface area contributed by atoms with Crippen molar-refractivity contribution in [2.75, 3.05) is 11.9 Å². The second-order valence-corrected chi connectivity index (χ2v) is 5.47. The number of fused-ring (bicyclic) bond motifs is 1. The first-order chi connectivity index (χ1) is 11.5. The zero-order valence-corrected chi connectivity index (χ0v) is 13.4. The molecule has 0 fully saturated rings. The van der Waals surface area contributed by atoms with Gasteiger partial charge in [0, 0.05) is 23.1 Å². The number of pyridine rings is 1. The normalized spacial score (nSPS) is 16.4. The Labute approximate surface area is 138 Å². The molecule has 24 heavy (non-hydrogen) atoms. The van der Waals surface area contributed by atoms with E-state index in [1.54, 1.807) is 38.1 Å². The van der Waals surface area contributed by atoms with Crippen molar-refractivity contribution in [2.24, 2.45) is 0 Å². The van der Waals surface area contributed by atoms with E-state index in [1.807, 2.05) is 0 Å². The van der Waals surface area contributed by atoms with E-state index in [0.29, 0.717) is 16.9 Å². The van der Waals surface area contributed by atoms with Crippen molar-refractivity contribution in [3.05, 3.63) is 75.1 Å². The maximum Gasteiger partial charge on any atom is 0.336 e. The molecule has 3 rings (SSSR count). The number of anilines is 1. The Morgan fingerprint density at radius 1 is 1.29 bits per heavy atom. The third kappa shape index (κ3) is 2.60. The van der Waals surface area contributed by atoms with Crippen molar-refractivity contribution in [1.82, 2.24) is 4.98 Å². The number of ether oxygens (including phenoxy) is 1. The van der Waals surface area contributed by atoms with Gasteiger partial charge in [-0.2, -0.15) is 0 Å². The first-order valence-corrected chi connectivity index (χ1v) is 7.65. The van der Waals surface area contributed by atoms with E-state index < -0.39 is 17.7 Å². The summed E-state index contributed by atoms with van der Waals surface area (Å²) >= 11 is 0. The van der Waals surface area contributed by atoms with Crippen LogP contribution in [0.5, 0.6) is 0 Å². The van der Waals surface area contributed by atoms with Gasteiger partial charge in [0.05, 0.1) is 23.7 Å². The summed E-state index contributed by atoms with van der Waals surface area (Å²) in [5.41, 5.74) is 1.53. The standard InChI is InChI=1S/C18H17FN2O3/c1-3-24-18(23)14-10(2)21-13-8-9-20-17(22)16(13)15(14)11-6-4-5-7-12(11)19/h4-9,15,21H,3H2,1-2H3,(H,20,22). The first-order valence-electron chi connectivity index (χ1n) is 7.65. The number of carbonyl (C=O) groups is 1. The Hall–Kier alpha value is -2.89. The van der Waals surface area contributed by atoms with Gasteiger partial charge in [-0.25, -0.2) is 9.18 Å². The molecule has 6 heteroatoms. The highest BCUT2D eigenvalue weighted by Gasteiger charge is 2.36. The zero-order valence-electron chi connectivity index (χ0n) is 13.4. The molecule has 1 atom stereocenters. The molecule has 1 aromatic carbocycles. The van der Waals surface area contributed by atoms with E-state index >= 15 is 0 Å². The number of benzene rings is 1. The van der Waals surface area contributed by atoms with Crippen molar-refractivity contribution in [1.29, 1.82) is 0 Å².